The number of sulfonamides is 1. The molecule has 2 aliphatic rings. The summed E-state index contributed by atoms with van der Waals surface area (Å²) in [5.74, 6) is -0.484. The van der Waals surface area contributed by atoms with Crippen molar-refractivity contribution < 1.29 is 22.7 Å². The topological polar surface area (TPSA) is 96.0 Å². The zero-order valence-electron chi connectivity index (χ0n) is 18.0. The molecule has 0 atom stereocenters. The number of hydrogen-bond acceptors (Lipinski definition) is 6. The summed E-state index contributed by atoms with van der Waals surface area (Å²) in [4.78, 5) is 26.9. The van der Waals surface area contributed by atoms with E-state index < -0.39 is 10.0 Å². The van der Waals surface area contributed by atoms with Gasteiger partial charge in [-0.3, -0.25) is 9.59 Å². The van der Waals surface area contributed by atoms with E-state index in [0.717, 1.165) is 22.6 Å². The smallest absolute Gasteiger partial charge is 0.254 e. The molecule has 1 aromatic heterocycles. The first-order valence-electron chi connectivity index (χ1n) is 10.7. The fourth-order valence-electron chi connectivity index (χ4n) is 3.88. The predicted molar refractivity (Wildman–Crippen MR) is 122 cm³/mol. The van der Waals surface area contributed by atoms with Crippen LogP contribution in [0.2, 0.25) is 0 Å². The Kier molecular flexibility index (Phi) is 6.94. The average Bonchev–Trinajstić information content (AvgIpc) is 3.32. The largest absolute Gasteiger partial charge is 0.378 e. The van der Waals surface area contributed by atoms with Gasteiger partial charge in [-0.15, -0.1) is 11.3 Å². The van der Waals surface area contributed by atoms with Crippen LogP contribution in [-0.4, -0.2) is 68.8 Å². The molecule has 4 rings (SSSR count). The third kappa shape index (κ3) is 5.03. The molecule has 0 unspecified atom stereocenters. The molecule has 0 spiro atoms. The number of nitrogens with zero attached hydrogens (tertiary/aromatic N) is 2. The predicted octanol–water partition coefficient (Wildman–Crippen LogP) is 2.57. The van der Waals surface area contributed by atoms with Crippen LogP contribution in [0.3, 0.4) is 0 Å². The third-order valence-corrected chi connectivity index (χ3v) is 9.17. The van der Waals surface area contributed by atoms with Crippen molar-refractivity contribution in [3.8, 4) is 0 Å². The molecular formula is C22H27N3O5S2. The summed E-state index contributed by atoms with van der Waals surface area (Å²) in [5, 5.41) is 4.52. The van der Waals surface area contributed by atoms with Gasteiger partial charge in [-0.25, -0.2) is 8.42 Å². The highest BCUT2D eigenvalue weighted by atomic mass is 32.2. The van der Waals surface area contributed by atoms with Gasteiger partial charge in [0, 0.05) is 43.2 Å². The summed E-state index contributed by atoms with van der Waals surface area (Å²) in [5.41, 5.74) is 2.25. The average molecular weight is 478 g/mol. The van der Waals surface area contributed by atoms with E-state index in [2.05, 4.69) is 5.32 Å². The summed E-state index contributed by atoms with van der Waals surface area (Å²) < 4.78 is 33.0. The molecule has 8 nitrogen and oxygen atoms in total. The summed E-state index contributed by atoms with van der Waals surface area (Å²) >= 11 is 1.06. The number of benzene rings is 1. The molecule has 0 saturated carbocycles. The molecule has 2 aliphatic heterocycles. The van der Waals surface area contributed by atoms with Crippen molar-refractivity contribution in [1.82, 2.24) is 9.21 Å². The highest BCUT2D eigenvalue weighted by Crippen LogP contribution is 2.29. The number of aryl methyl sites for hydroxylation is 1. The van der Waals surface area contributed by atoms with Crippen LogP contribution in [0.4, 0.5) is 5.69 Å². The van der Waals surface area contributed by atoms with Crippen LogP contribution >= 0.6 is 11.3 Å². The van der Waals surface area contributed by atoms with Crippen molar-refractivity contribution in [3.05, 3.63) is 46.8 Å². The first-order valence-corrected chi connectivity index (χ1v) is 13.0. The number of anilines is 1. The summed E-state index contributed by atoms with van der Waals surface area (Å²) in [6, 6.07) is 9.06. The number of nitrogens with one attached hydrogen (secondary N) is 1. The van der Waals surface area contributed by atoms with Gasteiger partial charge in [0.05, 0.1) is 18.8 Å². The molecule has 1 N–H and O–H groups in total. The lowest BCUT2D eigenvalue weighted by atomic mass is 9.97. The molecule has 2 saturated heterocycles. The van der Waals surface area contributed by atoms with Crippen LogP contribution in [0, 0.1) is 12.8 Å². The van der Waals surface area contributed by atoms with Crippen LogP contribution < -0.4 is 5.32 Å². The van der Waals surface area contributed by atoms with Gasteiger partial charge in [-0.2, -0.15) is 4.31 Å². The molecule has 2 fully saturated rings. The van der Waals surface area contributed by atoms with E-state index in [4.69, 9.17) is 4.74 Å². The van der Waals surface area contributed by atoms with Crippen LogP contribution in [0.5, 0.6) is 0 Å². The molecular weight excluding hydrogens is 450 g/mol. The minimum Gasteiger partial charge on any atom is -0.378 e. The van der Waals surface area contributed by atoms with E-state index in [1.807, 2.05) is 31.2 Å². The minimum absolute atomic E-state index is 0.0829. The maximum atomic E-state index is 13.1. The van der Waals surface area contributed by atoms with E-state index >= 15 is 0 Å². The molecule has 2 amide bonds. The summed E-state index contributed by atoms with van der Waals surface area (Å²) in [6.45, 7) is 4.54. The van der Waals surface area contributed by atoms with Crippen molar-refractivity contribution in [2.24, 2.45) is 5.92 Å². The fourth-order valence-corrected chi connectivity index (χ4v) is 6.66. The molecule has 2 aromatic rings. The molecule has 10 heteroatoms. The van der Waals surface area contributed by atoms with E-state index in [1.165, 1.54) is 10.4 Å². The molecule has 0 bridgehead atoms. The second kappa shape index (κ2) is 9.70. The van der Waals surface area contributed by atoms with Gasteiger partial charge in [-0.05, 0) is 38.0 Å². The number of piperidine rings is 1. The van der Waals surface area contributed by atoms with E-state index in [-0.39, 0.29) is 35.0 Å². The van der Waals surface area contributed by atoms with Crippen molar-refractivity contribution >= 4 is 38.9 Å². The maximum Gasteiger partial charge on any atom is 0.254 e. The number of thiophene rings is 1. The number of carbonyl (C=O) groups excluding carboxylic acids is 2. The minimum atomic E-state index is -3.69. The lowest BCUT2D eigenvalue weighted by Crippen LogP contribution is -2.41. The molecule has 0 radical (unpaired) electrons. The molecule has 32 heavy (non-hydrogen) atoms. The van der Waals surface area contributed by atoms with E-state index in [1.54, 1.807) is 10.3 Å². The van der Waals surface area contributed by atoms with Gasteiger partial charge in [0.25, 0.3) is 15.9 Å². The van der Waals surface area contributed by atoms with E-state index in [0.29, 0.717) is 44.7 Å². The number of morpholine rings is 1. The number of carbonyl (C=O) groups is 2. The van der Waals surface area contributed by atoms with Crippen LogP contribution in [0.25, 0.3) is 0 Å². The monoisotopic (exact) mass is 477 g/mol. The van der Waals surface area contributed by atoms with Gasteiger partial charge in [0.1, 0.15) is 4.21 Å². The highest BCUT2D eigenvalue weighted by Gasteiger charge is 2.33. The van der Waals surface area contributed by atoms with Crippen LogP contribution in [0.1, 0.15) is 28.8 Å². The number of ether oxygens (including phenoxy) is 1. The summed E-state index contributed by atoms with van der Waals surface area (Å²) in [7, 11) is -3.69. The molecule has 1 aromatic carbocycles. The van der Waals surface area contributed by atoms with E-state index in [9.17, 15) is 18.0 Å². The zero-order chi connectivity index (χ0) is 22.7. The van der Waals surface area contributed by atoms with Crippen molar-refractivity contribution in [2.45, 2.75) is 24.0 Å². The quantitative estimate of drug-likeness (QED) is 0.714. The SMILES string of the molecule is Cc1ccc(NC(=O)C2CCN(S(=O)(=O)c3cc(C(=O)N4CCOCC4)cs3)CC2)cc1. The summed E-state index contributed by atoms with van der Waals surface area (Å²) in [6.07, 6.45) is 0.920. The first-order chi connectivity index (χ1) is 15.3. The standard InChI is InChI=1S/C22H27N3O5S2/c1-16-2-4-19(5-3-16)23-21(26)17-6-8-25(9-7-17)32(28,29)20-14-18(15-31-20)22(27)24-10-12-30-13-11-24/h2-5,14-15,17H,6-13H2,1H3,(H,23,26). The Morgan fingerprint density at radius 2 is 1.72 bits per heavy atom. The molecule has 3 heterocycles. The van der Waals surface area contributed by atoms with Gasteiger partial charge in [0.2, 0.25) is 5.91 Å². The van der Waals surface area contributed by atoms with Crippen molar-refractivity contribution in [1.29, 1.82) is 0 Å². The van der Waals surface area contributed by atoms with Crippen LogP contribution in [0.15, 0.2) is 39.9 Å². The Morgan fingerprint density at radius 1 is 1.06 bits per heavy atom. The van der Waals surface area contributed by atoms with Crippen LogP contribution in [-0.2, 0) is 19.6 Å². The second-order valence-corrected chi connectivity index (χ2v) is 11.2. The normalized spacial score (nSPS) is 18.5. The Bertz CT molecular complexity index is 1070. The van der Waals surface area contributed by atoms with Gasteiger partial charge < -0.3 is 15.0 Å². The third-order valence-electron chi connectivity index (χ3n) is 5.86. The van der Waals surface area contributed by atoms with Gasteiger partial charge in [-0.1, -0.05) is 17.7 Å². The Hall–Kier alpha value is -2.27. The highest BCUT2D eigenvalue weighted by molar-refractivity contribution is 7.91. The fraction of sp³-hybridized carbons (Fsp3) is 0.455. The molecule has 172 valence electrons. The van der Waals surface area contributed by atoms with Crippen molar-refractivity contribution in [3.63, 3.8) is 0 Å². The second-order valence-electron chi connectivity index (χ2n) is 8.09. The lowest BCUT2D eigenvalue weighted by Gasteiger charge is -2.30. The first kappa shape index (κ1) is 22.9. The van der Waals surface area contributed by atoms with Gasteiger partial charge in [0.15, 0.2) is 0 Å². The molecule has 0 aliphatic carbocycles. The zero-order valence-corrected chi connectivity index (χ0v) is 19.6. The lowest BCUT2D eigenvalue weighted by molar-refractivity contribution is -0.120. The number of hydrogen-bond donors (Lipinski definition) is 1. The Labute approximate surface area is 192 Å². The van der Waals surface area contributed by atoms with Gasteiger partial charge >= 0.3 is 0 Å². The Balaban J connectivity index is 1.35. The number of rotatable bonds is 5. The Morgan fingerprint density at radius 3 is 2.38 bits per heavy atom. The number of amides is 2. The maximum absolute atomic E-state index is 13.1. The van der Waals surface area contributed by atoms with Crippen molar-refractivity contribution in [2.75, 3.05) is 44.7 Å².